The molecule has 1 saturated heterocycles. The Bertz CT molecular complexity index is 1050. The van der Waals surface area contributed by atoms with Gasteiger partial charge < -0.3 is 15.6 Å². The largest absolute Gasteiger partial charge is 0.395 e. The van der Waals surface area contributed by atoms with E-state index < -0.39 is 17.9 Å². The molecule has 1 aliphatic heterocycles. The topological polar surface area (TPSA) is 98.6 Å². The van der Waals surface area contributed by atoms with Gasteiger partial charge in [-0.2, -0.15) is 13.2 Å². The number of halogens is 4. The van der Waals surface area contributed by atoms with Gasteiger partial charge in [-0.05, 0) is 43.9 Å². The lowest BCUT2D eigenvalue weighted by atomic mass is 9.97. The number of nitrogens with two attached hydrogens (primary N) is 1. The molecule has 7 nitrogen and oxygen atoms in total. The van der Waals surface area contributed by atoms with E-state index in [2.05, 4.69) is 15.1 Å². The molecule has 0 aromatic carbocycles. The number of aromatic nitrogens is 4. The number of ether oxygens (including phenoxy) is 1. The molecule has 0 bridgehead atoms. The lowest BCUT2D eigenvalue weighted by molar-refractivity contribution is -0.146. The zero-order chi connectivity index (χ0) is 22.8. The molecule has 1 aliphatic rings. The quantitative estimate of drug-likeness (QED) is 0.589. The van der Waals surface area contributed by atoms with Crippen LogP contribution in [0.5, 0.6) is 0 Å². The number of rotatable bonds is 2. The molecule has 0 radical (unpaired) electrons. The van der Waals surface area contributed by atoms with Gasteiger partial charge in [0.05, 0.1) is 36.2 Å². The first-order chi connectivity index (χ1) is 14.6. The molecule has 0 amide bonds. The Hall–Kier alpha value is -2.79. The fraction of sp³-hybridized carbons (Fsp3) is 0.450. The maximum atomic E-state index is 14.0. The molecule has 0 aliphatic carbocycles. The van der Waals surface area contributed by atoms with E-state index in [1.165, 1.54) is 22.8 Å². The summed E-state index contributed by atoms with van der Waals surface area (Å²) in [5.41, 5.74) is 6.67. The van der Waals surface area contributed by atoms with E-state index in [1.54, 1.807) is 6.92 Å². The number of aryl methyl sites for hydroxylation is 1. The van der Waals surface area contributed by atoms with Gasteiger partial charge in [-0.25, -0.2) is 13.9 Å². The molecule has 3 aromatic heterocycles. The highest BCUT2D eigenvalue weighted by Crippen LogP contribution is 2.36. The van der Waals surface area contributed by atoms with Crippen LogP contribution in [-0.2, 0) is 4.74 Å². The Morgan fingerprint density at radius 2 is 2.00 bits per heavy atom. The van der Waals surface area contributed by atoms with Gasteiger partial charge in [0, 0.05) is 18.9 Å². The van der Waals surface area contributed by atoms with Crippen LogP contribution in [0.3, 0.4) is 0 Å². The second-order valence-electron chi connectivity index (χ2n) is 7.35. The first kappa shape index (κ1) is 22.9. The van der Waals surface area contributed by atoms with E-state index in [-0.39, 0.29) is 28.8 Å². The molecular weight excluding hydrogens is 418 g/mol. The first-order valence-corrected chi connectivity index (χ1v) is 9.67. The van der Waals surface area contributed by atoms with Crippen LogP contribution in [0, 0.1) is 12.7 Å². The molecule has 4 heterocycles. The van der Waals surface area contributed by atoms with Gasteiger partial charge in [0.25, 0.3) is 0 Å². The summed E-state index contributed by atoms with van der Waals surface area (Å²) in [6.07, 6.45) is -0.225. The highest BCUT2D eigenvalue weighted by molar-refractivity contribution is 5.65. The summed E-state index contributed by atoms with van der Waals surface area (Å²) in [4.78, 5) is 7.77. The van der Waals surface area contributed by atoms with Gasteiger partial charge in [0.1, 0.15) is 5.52 Å². The van der Waals surface area contributed by atoms with Crippen molar-refractivity contribution in [2.24, 2.45) is 0 Å². The fourth-order valence-electron chi connectivity index (χ4n) is 3.21. The molecule has 2 unspecified atom stereocenters. The monoisotopic (exact) mass is 441 g/mol. The van der Waals surface area contributed by atoms with Crippen molar-refractivity contribution in [3.8, 4) is 11.4 Å². The number of aliphatic hydroxyl groups is 1. The van der Waals surface area contributed by atoms with Gasteiger partial charge in [0.2, 0.25) is 5.95 Å². The molecule has 3 N–H and O–H groups in total. The van der Waals surface area contributed by atoms with Gasteiger partial charge in [-0.15, -0.1) is 5.10 Å². The molecule has 2 atom stereocenters. The van der Waals surface area contributed by atoms with Gasteiger partial charge in [0.15, 0.2) is 5.82 Å². The van der Waals surface area contributed by atoms with E-state index in [1.807, 2.05) is 0 Å². The predicted octanol–water partition coefficient (Wildman–Crippen LogP) is 3.64. The van der Waals surface area contributed by atoms with Crippen molar-refractivity contribution in [1.29, 1.82) is 0 Å². The fourth-order valence-corrected chi connectivity index (χ4v) is 3.21. The SMILES string of the molecule is Cc1cc(-c2cc(F)c3cnc(N)nn23)ncc1C(C)C(F)(F)F.OC1CCCOC1. The Morgan fingerprint density at radius 3 is 2.55 bits per heavy atom. The second kappa shape index (κ2) is 9.15. The summed E-state index contributed by atoms with van der Waals surface area (Å²) in [5.74, 6) is -2.27. The zero-order valence-electron chi connectivity index (χ0n) is 17.0. The average Bonchev–Trinajstić information content (AvgIpc) is 3.03. The third-order valence-electron chi connectivity index (χ3n) is 4.99. The Labute approximate surface area is 175 Å². The van der Waals surface area contributed by atoms with E-state index >= 15 is 0 Å². The average molecular weight is 441 g/mol. The van der Waals surface area contributed by atoms with Crippen molar-refractivity contribution in [3.05, 3.63) is 41.5 Å². The molecular formula is C20H23F4N5O2. The maximum Gasteiger partial charge on any atom is 0.395 e. The highest BCUT2D eigenvalue weighted by atomic mass is 19.4. The molecule has 168 valence electrons. The van der Waals surface area contributed by atoms with Crippen LogP contribution < -0.4 is 5.73 Å². The number of nitrogens with zero attached hydrogens (tertiary/aromatic N) is 4. The van der Waals surface area contributed by atoms with Crippen molar-refractivity contribution in [2.45, 2.75) is 44.9 Å². The van der Waals surface area contributed by atoms with Gasteiger partial charge in [-0.1, -0.05) is 0 Å². The minimum Gasteiger partial charge on any atom is -0.391 e. The van der Waals surface area contributed by atoms with E-state index in [0.29, 0.717) is 17.9 Å². The van der Waals surface area contributed by atoms with Crippen molar-refractivity contribution < 1.29 is 27.4 Å². The maximum absolute atomic E-state index is 14.0. The van der Waals surface area contributed by atoms with Crippen LogP contribution in [0.1, 0.15) is 36.8 Å². The van der Waals surface area contributed by atoms with Gasteiger partial charge >= 0.3 is 6.18 Å². The summed E-state index contributed by atoms with van der Waals surface area (Å²) < 4.78 is 58.8. The number of pyridine rings is 1. The summed E-state index contributed by atoms with van der Waals surface area (Å²) in [6.45, 7) is 4.00. The van der Waals surface area contributed by atoms with E-state index in [4.69, 9.17) is 15.6 Å². The van der Waals surface area contributed by atoms with Crippen LogP contribution in [0.2, 0.25) is 0 Å². The van der Waals surface area contributed by atoms with E-state index in [9.17, 15) is 17.6 Å². The van der Waals surface area contributed by atoms with Gasteiger partial charge in [-0.3, -0.25) is 4.98 Å². The Balaban J connectivity index is 0.000000330. The van der Waals surface area contributed by atoms with Crippen molar-refractivity contribution >= 4 is 11.5 Å². The summed E-state index contributed by atoms with van der Waals surface area (Å²) >= 11 is 0. The Morgan fingerprint density at radius 1 is 1.26 bits per heavy atom. The van der Waals surface area contributed by atoms with Crippen molar-refractivity contribution in [3.63, 3.8) is 0 Å². The number of alkyl halides is 3. The summed E-state index contributed by atoms with van der Waals surface area (Å²) in [6, 6.07) is 2.66. The Kier molecular flexibility index (Phi) is 6.75. The zero-order valence-corrected chi connectivity index (χ0v) is 17.0. The normalized spacial score (nSPS) is 17.8. The second-order valence-corrected chi connectivity index (χ2v) is 7.35. The van der Waals surface area contributed by atoms with Crippen LogP contribution >= 0.6 is 0 Å². The van der Waals surface area contributed by atoms with Crippen LogP contribution in [0.4, 0.5) is 23.5 Å². The minimum absolute atomic E-state index is 0.0571. The summed E-state index contributed by atoms with van der Waals surface area (Å²) in [7, 11) is 0. The molecule has 0 spiro atoms. The molecule has 11 heteroatoms. The van der Waals surface area contributed by atoms with E-state index in [0.717, 1.165) is 32.6 Å². The van der Waals surface area contributed by atoms with Crippen LogP contribution in [0.15, 0.2) is 24.5 Å². The molecule has 1 fully saturated rings. The third kappa shape index (κ3) is 5.28. The number of anilines is 1. The summed E-state index contributed by atoms with van der Waals surface area (Å²) in [5, 5.41) is 12.7. The number of hydrogen-bond acceptors (Lipinski definition) is 6. The van der Waals surface area contributed by atoms with Crippen LogP contribution in [0.25, 0.3) is 16.9 Å². The smallest absolute Gasteiger partial charge is 0.391 e. The van der Waals surface area contributed by atoms with Crippen LogP contribution in [-0.4, -0.2) is 50.2 Å². The highest BCUT2D eigenvalue weighted by Gasteiger charge is 2.38. The first-order valence-electron chi connectivity index (χ1n) is 9.67. The molecule has 4 rings (SSSR count). The molecule has 3 aromatic rings. The molecule has 31 heavy (non-hydrogen) atoms. The number of nitrogen functional groups attached to an aromatic ring is 1. The lowest BCUT2D eigenvalue weighted by Gasteiger charge is -2.18. The lowest BCUT2D eigenvalue weighted by Crippen LogP contribution is -2.21. The number of aliphatic hydroxyl groups excluding tert-OH is 1. The number of hydrogen-bond donors (Lipinski definition) is 2. The third-order valence-corrected chi connectivity index (χ3v) is 4.99. The van der Waals surface area contributed by atoms with Crippen molar-refractivity contribution in [2.75, 3.05) is 18.9 Å². The minimum atomic E-state index is -4.36. The van der Waals surface area contributed by atoms with Crippen molar-refractivity contribution in [1.82, 2.24) is 19.6 Å². The standard InChI is InChI=1S/C15H13F4N5.C5H10O2/c1-7-3-11(21-5-9(7)8(2)15(17,18)19)12-4-10(16)13-6-22-14(20)23-24(12)13;6-5-2-1-3-7-4-5/h3-6,8H,1-2H3,(H2,20,23);5-6H,1-4H2. The predicted molar refractivity (Wildman–Crippen MR) is 106 cm³/mol. The molecule has 0 saturated carbocycles. The number of fused-ring (bicyclic) bond motifs is 1.